The molecule has 0 atom stereocenters. The van der Waals surface area contributed by atoms with Gasteiger partial charge in [-0.05, 0) is 19.1 Å². The van der Waals surface area contributed by atoms with Crippen LogP contribution in [0.4, 0.5) is 0 Å². The summed E-state index contributed by atoms with van der Waals surface area (Å²) in [7, 11) is 0. The predicted molar refractivity (Wildman–Crippen MR) is 56.2 cm³/mol. The van der Waals surface area contributed by atoms with E-state index in [1.807, 2.05) is 37.3 Å². The molecule has 2 nitrogen and oxygen atoms in total. The third-order valence-corrected chi connectivity index (χ3v) is 2.28. The molecule has 0 saturated heterocycles. The summed E-state index contributed by atoms with van der Waals surface area (Å²) in [6.45, 7) is 1.90. The summed E-state index contributed by atoms with van der Waals surface area (Å²) in [4.78, 5) is 4.30. The Kier molecular flexibility index (Phi) is 2.55. The number of rotatable bonds is 2. The Morgan fingerprint density at radius 3 is 2.57 bits per heavy atom. The molecular formula is C11H10ClNO. The minimum Gasteiger partial charge on any atom is -0.440 e. The van der Waals surface area contributed by atoms with E-state index in [9.17, 15) is 0 Å². The van der Waals surface area contributed by atoms with Crippen molar-refractivity contribution in [3.63, 3.8) is 0 Å². The molecule has 72 valence electrons. The van der Waals surface area contributed by atoms with E-state index in [0.29, 0.717) is 11.8 Å². The summed E-state index contributed by atoms with van der Waals surface area (Å²) in [5.41, 5.74) is 1.84. The number of benzene rings is 1. The number of aryl methyl sites for hydroxylation is 1. The fourth-order valence-electron chi connectivity index (χ4n) is 1.26. The van der Waals surface area contributed by atoms with Gasteiger partial charge in [-0.1, -0.05) is 18.2 Å². The van der Waals surface area contributed by atoms with E-state index in [4.69, 9.17) is 16.0 Å². The molecule has 0 aliphatic carbocycles. The molecule has 0 saturated carbocycles. The number of alkyl halides is 1. The second kappa shape index (κ2) is 3.84. The van der Waals surface area contributed by atoms with Gasteiger partial charge in [-0.3, -0.25) is 0 Å². The van der Waals surface area contributed by atoms with E-state index < -0.39 is 0 Å². The molecule has 0 spiro atoms. The monoisotopic (exact) mass is 207 g/mol. The third kappa shape index (κ3) is 1.66. The summed E-state index contributed by atoms with van der Waals surface area (Å²) >= 11 is 5.70. The van der Waals surface area contributed by atoms with E-state index in [0.717, 1.165) is 17.0 Å². The van der Waals surface area contributed by atoms with E-state index in [1.165, 1.54) is 0 Å². The van der Waals surface area contributed by atoms with Crippen molar-refractivity contribution in [2.45, 2.75) is 12.8 Å². The first-order valence-electron chi connectivity index (χ1n) is 4.39. The lowest BCUT2D eigenvalue weighted by Crippen LogP contribution is -1.77. The van der Waals surface area contributed by atoms with Crippen molar-refractivity contribution in [2.75, 3.05) is 0 Å². The molecule has 0 bridgehead atoms. The highest BCUT2D eigenvalue weighted by atomic mass is 35.5. The van der Waals surface area contributed by atoms with Gasteiger partial charge >= 0.3 is 0 Å². The molecule has 0 aliphatic heterocycles. The lowest BCUT2D eigenvalue weighted by Gasteiger charge is -1.92. The highest BCUT2D eigenvalue weighted by molar-refractivity contribution is 6.16. The summed E-state index contributed by atoms with van der Waals surface area (Å²) < 4.78 is 5.51. The Labute approximate surface area is 87.5 Å². The molecule has 3 heteroatoms. The minimum absolute atomic E-state index is 0.367. The van der Waals surface area contributed by atoms with Gasteiger partial charge in [0.15, 0.2) is 0 Å². The fourth-order valence-corrected chi connectivity index (χ4v) is 1.50. The van der Waals surface area contributed by atoms with Crippen LogP contribution in [-0.2, 0) is 5.88 Å². The predicted octanol–water partition coefficient (Wildman–Crippen LogP) is 3.39. The second-order valence-electron chi connectivity index (χ2n) is 3.03. The van der Waals surface area contributed by atoms with E-state index in [-0.39, 0.29) is 0 Å². The Morgan fingerprint density at radius 1 is 1.29 bits per heavy atom. The van der Waals surface area contributed by atoms with Crippen LogP contribution in [0.2, 0.25) is 0 Å². The number of aromatic nitrogens is 1. The Balaban J connectivity index is 2.43. The van der Waals surface area contributed by atoms with Crippen molar-refractivity contribution >= 4 is 11.6 Å². The Morgan fingerprint density at radius 2 is 2.00 bits per heavy atom. The van der Waals surface area contributed by atoms with Gasteiger partial charge in [0.25, 0.3) is 0 Å². The molecular weight excluding hydrogens is 198 g/mol. The molecule has 1 heterocycles. The molecule has 0 unspecified atom stereocenters. The highest BCUT2D eigenvalue weighted by Crippen LogP contribution is 2.22. The van der Waals surface area contributed by atoms with Crippen molar-refractivity contribution in [2.24, 2.45) is 0 Å². The normalized spacial score (nSPS) is 10.4. The standard InChI is InChI=1S/C11H10ClNO/c1-8-10(7-12)14-11(13-8)9-5-3-2-4-6-9/h2-6H,7H2,1H3. The van der Waals surface area contributed by atoms with Crippen LogP contribution < -0.4 is 0 Å². The smallest absolute Gasteiger partial charge is 0.226 e. The number of oxazole rings is 1. The highest BCUT2D eigenvalue weighted by Gasteiger charge is 2.09. The van der Waals surface area contributed by atoms with Gasteiger partial charge in [-0.2, -0.15) is 0 Å². The maximum absolute atomic E-state index is 5.70. The van der Waals surface area contributed by atoms with Crippen molar-refractivity contribution in [3.05, 3.63) is 41.8 Å². The lowest BCUT2D eigenvalue weighted by atomic mass is 10.2. The van der Waals surface area contributed by atoms with Crippen molar-refractivity contribution in [1.29, 1.82) is 0 Å². The molecule has 0 aliphatic rings. The van der Waals surface area contributed by atoms with Gasteiger partial charge in [0.05, 0.1) is 11.6 Å². The van der Waals surface area contributed by atoms with Gasteiger partial charge in [-0.25, -0.2) is 4.98 Å². The molecule has 0 N–H and O–H groups in total. The first-order valence-corrected chi connectivity index (χ1v) is 4.92. The Hall–Kier alpha value is -1.28. The molecule has 0 fully saturated rings. The first-order chi connectivity index (χ1) is 6.81. The van der Waals surface area contributed by atoms with Gasteiger partial charge in [0.1, 0.15) is 5.76 Å². The van der Waals surface area contributed by atoms with Gasteiger partial charge in [0, 0.05) is 5.56 Å². The molecule has 1 aromatic carbocycles. The molecule has 0 amide bonds. The zero-order chi connectivity index (χ0) is 9.97. The quantitative estimate of drug-likeness (QED) is 0.706. The number of hydrogen-bond donors (Lipinski definition) is 0. The van der Waals surface area contributed by atoms with E-state index >= 15 is 0 Å². The second-order valence-corrected chi connectivity index (χ2v) is 3.29. The van der Waals surface area contributed by atoms with Crippen molar-refractivity contribution in [1.82, 2.24) is 4.98 Å². The molecule has 1 aromatic heterocycles. The van der Waals surface area contributed by atoms with Gasteiger partial charge < -0.3 is 4.42 Å². The van der Waals surface area contributed by atoms with Crippen LogP contribution in [0, 0.1) is 6.92 Å². The van der Waals surface area contributed by atoms with Crippen molar-refractivity contribution < 1.29 is 4.42 Å². The third-order valence-electron chi connectivity index (χ3n) is 2.03. The summed E-state index contributed by atoms with van der Waals surface area (Å²) in [6, 6.07) is 9.79. The average molecular weight is 208 g/mol. The van der Waals surface area contributed by atoms with Crippen LogP contribution in [0.25, 0.3) is 11.5 Å². The van der Waals surface area contributed by atoms with Crippen molar-refractivity contribution in [3.8, 4) is 11.5 Å². The van der Waals surface area contributed by atoms with Gasteiger partial charge in [0.2, 0.25) is 5.89 Å². The first kappa shape index (κ1) is 9.28. The number of halogens is 1. The lowest BCUT2D eigenvalue weighted by molar-refractivity contribution is 0.536. The summed E-state index contributed by atoms with van der Waals surface area (Å²) in [5, 5.41) is 0. The molecule has 0 radical (unpaired) electrons. The summed E-state index contributed by atoms with van der Waals surface area (Å²) in [5.74, 6) is 1.75. The maximum atomic E-state index is 5.70. The van der Waals surface area contributed by atoms with Crippen LogP contribution >= 0.6 is 11.6 Å². The van der Waals surface area contributed by atoms with Crippen LogP contribution in [0.15, 0.2) is 34.7 Å². The molecule has 2 rings (SSSR count). The largest absolute Gasteiger partial charge is 0.440 e. The fraction of sp³-hybridized carbons (Fsp3) is 0.182. The van der Waals surface area contributed by atoms with Crippen LogP contribution in [0.1, 0.15) is 11.5 Å². The number of nitrogens with zero attached hydrogens (tertiary/aromatic N) is 1. The number of hydrogen-bond acceptors (Lipinski definition) is 2. The SMILES string of the molecule is Cc1nc(-c2ccccc2)oc1CCl. The van der Waals surface area contributed by atoms with Crippen LogP contribution in [-0.4, -0.2) is 4.98 Å². The average Bonchev–Trinajstić information content (AvgIpc) is 2.61. The minimum atomic E-state index is 0.367. The zero-order valence-corrected chi connectivity index (χ0v) is 8.58. The van der Waals surface area contributed by atoms with Crippen LogP contribution in [0.3, 0.4) is 0 Å². The molecule has 14 heavy (non-hydrogen) atoms. The van der Waals surface area contributed by atoms with Crippen LogP contribution in [0.5, 0.6) is 0 Å². The summed E-state index contributed by atoms with van der Waals surface area (Å²) in [6.07, 6.45) is 0. The molecule has 2 aromatic rings. The van der Waals surface area contributed by atoms with Gasteiger partial charge in [-0.15, -0.1) is 11.6 Å². The van der Waals surface area contributed by atoms with E-state index in [2.05, 4.69) is 4.98 Å². The Bertz CT molecular complexity index is 422. The topological polar surface area (TPSA) is 26.0 Å². The van der Waals surface area contributed by atoms with E-state index in [1.54, 1.807) is 0 Å². The zero-order valence-electron chi connectivity index (χ0n) is 7.83. The maximum Gasteiger partial charge on any atom is 0.226 e.